The second-order valence-corrected chi connectivity index (χ2v) is 4.86. The van der Waals surface area contributed by atoms with E-state index in [2.05, 4.69) is 5.32 Å². The second-order valence-electron chi connectivity index (χ2n) is 4.04. The van der Waals surface area contributed by atoms with Gasteiger partial charge in [0, 0.05) is 6.07 Å². The molecule has 20 heavy (non-hydrogen) atoms. The SMILES string of the molecule is COc1ccc(OC)c(Nc2cc(Cl)c(Cl)cc2N)c1. The first kappa shape index (κ1) is 14.6. The molecule has 0 bridgehead atoms. The van der Waals surface area contributed by atoms with Crippen LogP contribution in [0.15, 0.2) is 30.3 Å². The molecule has 0 spiro atoms. The number of nitrogens with one attached hydrogen (secondary N) is 1. The van der Waals surface area contributed by atoms with Gasteiger partial charge in [0.15, 0.2) is 0 Å². The molecular weight excluding hydrogens is 299 g/mol. The molecule has 2 aromatic rings. The largest absolute Gasteiger partial charge is 0.497 e. The van der Waals surface area contributed by atoms with E-state index in [1.54, 1.807) is 38.5 Å². The van der Waals surface area contributed by atoms with Crippen molar-refractivity contribution in [1.29, 1.82) is 0 Å². The van der Waals surface area contributed by atoms with E-state index in [9.17, 15) is 0 Å². The first-order chi connectivity index (χ1) is 9.55. The average molecular weight is 313 g/mol. The van der Waals surface area contributed by atoms with Crippen LogP contribution in [0.5, 0.6) is 11.5 Å². The van der Waals surface area contributed by atoms with Crippen LogP contribution in [0.25, 0.3) is 0 Å². The lowest BCUT2D eigenvalue weighted by molar-refractivity contribution is 0.405. The van der Waals surface area contributed by atoms with Gasteiger partial charge in [0.1, 0.15) is 11.5 Å². The van der Waals surface area contributed by atoms with E-state index in [0.29, 0.717) is 32.9 Å². The van der Waals surface area contributed by atoms with Gasteiger partial charge in [-0.2, -0.15) is 0 Å². The molecule has 6 heteroatoms. The van der Waals surface area contributed by atoms with Crippen LogP contribution in [0.3, 0.4) is 0 Å². The smallest absolute Gasteiger partial charge is 0.142 e. The number of benzene rings is 2. The number of anilines is 3. The normalized spacial score (nSPS) is 10.2. The fourth-order valence-corrected chi connectivity index (χ4v) is 2.06. The molecule has 0 aliphatic carbocycles. The summed E-state index contributed by atoms with van der Waals surface area (Å²) in [4.78, 5) is 0. The van der Waals surface area contributed by atoms with Crippen molar-refractivity contribution in [3.63, 3.8) is 0 Å². The lowest BCUT2D eigenvalue weighted by atomic mass is 10.2. The van der Waals surface area contributed by atoms with Crippen molar-refractivity contribution in [3.8, 4) is 11.5 Å². The van der Waals surface area contributed by atoms with Crippen molar-refractivity contribution in [3.05, 3.63) is 40.4 Å². The van der Waals surface area contributed by atoms with Gasteiger partial charge >= 0.3 is 0 Å². The molecule has 0 fully saturated rings. The molecule has 0 aliphatic heterocycles. The molecule has 0 aromatic heterocycles. The Morgan fingerprint density at radius 3 is 2.30 bits per heavy atom. The summed E-state index contributed by atoms with van der Waals surface area (Å²) in [6.07, 6.45) is 0. The molecule has 4 nitrogen and oxygen atoms in total. The van der Waals surface area contributed by atoms with E-state index in [-0.39, 0.29) is 0 Å². The number of halogens is 2. The number of nitrogens with two attached hydrogens (primary N) is 1. The molecule has 0 atom stereocenters. The number of ether oxygens (including phenoxy) is 2. The molecule has 0 saturated heterocycles. The highest BCUT2D eigenvalue weighted by atomic mass is 35.5. The molecular formula is C14H14Cl2N2O2. The molecule has 2 aromatic carbocycles. The van der Waals surface area contributed by atoms with Gasteiger partial charge in [-0.3, -0.25) is 0 Å². The third-order valence-corrected chi connectivity index (χ3v) is 3.49. The molecule has 2 rings (SSSR count). The fraction of sp³-hybridized carbons (Fsp3) is 0.143. The van der Waals surface area contributed by atoms with Crippen molar-refractivity contribution in [2.75, 3.05) is 25.3 Å². The Morgan fingerprint density at radius 2 is 1.65 bits per heavy atom. The molecule has 0 amide bonds. The Hall–Kier alpha value is -1.78. The summed E-state index contributed by atoms with van der Waals surface area (Å²) in [5.41, 5.74) is 7.78. The van der Waals surface area contributed by atoms with E-state index in [4.69, 9.17) is 38.4 Å². The van der Waals surface area contributed by atoms with Crippen LogP contribution >= 0.6 is 23.2 Å². The molecule has 0 saturated carbocycles. The van der Waals surface area contributed by atoms with Gasteiger partial charge < -0.3 is 20.5 Å². The first-order valence-corrected chi connectivity index (χ1v) is 6.54. The van der Waals surface area contributed by atoms with E-state index in [0.717, 1.165) is 5.69 Å². The lowest BCUT2D eigenvalue weighted by Gasteiger charge is -2.14. The number of hydrogen-bond donors (Lipinski definition) is 2. The summed E-state index contributed by atoms with van der Waals surface area (Å²) in [6.45, 7) is 0. The summed E-state index contributed by atoms with van der Waals surface area (Å²) in [7, 11) is 3.18. The third kappa shape index (κ3) is 3.03. The minimum atomic E-state index is 0.410. The zero-order valence-corrected chi connectivity index (χ0v) is 12.5. The molecule has 3 N–H and O–H groups in total. The number of nitrogen functional groups attached to an aromatic ring is 1. The van der Waals surface area contributed by atoms with Gasteiger partial charge in [0.2, 0.25) is 0 Å². The minimum absolute atomic E-state index is 0.410. The zero-order valence-electron chi connectivity index (χ0n) is 11.0. The van der Waals surface area contributed by atoms with Gasteiger partial charge in [0.05, 0.1) is 41.3 Å². The van der Waals surface area contributed by atoms with Crippen LogP contribution in [0.2, 0.25) is 10.0 Å². The molecule has 0 aliphatic rings. The maximum absolute atomic E-state index is 6.00. The van der Waals surface area contributed by atoms with Crippen LogP contribution in [0, 0.1) is 0 Å². The van der Waals surface area contributed by atoms with Gasteiger partial charge in [-0.15, -0.1) is 0 Å². The van der Waals surface area contributed by atoms with Crippen LogP contribution in [-0.2, 0) is 0 Å². The predicted octanol–water partition coefficient (Wildman–Crippen LogP) is 4.34. The summed E-state index contributed by atoms with van der Waals surface area (Å²) >= 11 is 11.9. The monoisotopic (exact) mass is 312 g/mol. The molecule has 0 unspecified atom stereocenters. The molecule has 0 radical (unpaired) electrons. The quantitative estimate of drug-likeness (QED) is 0.825. The van der Waals surface area contributed by atoms with E-state index in [1.165, 1.54) is 0 Å². The Labute approximate surface area is 127 Å². The Morgan fingerprint density at radius 1 is 0.950 bits per heavy atom. The molecule has 106 valence electrons. The fourth-order valence-electron chi connectivity index (χ4n) is 1.73. The minimum Gasteiger partial charge on any atom is -0.497 e. The number of methoxy groups -OCH3 is 2. The van der Waals surface area contributed by atoms with Crippen LogP contribution in [0.1, 0.15) is 0 Å². The highest BCUT2D eigenvalue weighted by molar-refractivity contribution is 6.42. The van der Waals surface area contributed by atoms with Gasteiger partial charge in [-0.1, -0.05) is 23.2 Å². The topological polar surface area (TPSA) is 56.5 Å². The average Bonchev–Trinajstić information content (AvgIpc) is 2.44. The Kier molecular flexibility index (Phi) is 4.47. The molecule has 0 heterocycles. The van der Waals surface area contributed by atoms with Crippen LogP contribution in [0.4, 0.5) is 17.1 Å². The van der Waals surface area contributed by atoms with Gasteiger partial charge in [0.25, 0.3) is 0 Å². The van der Waals surface area contributed by atoms with Crippen LogP contribution < -0.4 is 20.5 Å². The summed E-state index contributed by atoms with van der Waals surface area (Å²) < 4.78 is 10.5. The highest BCUT2D eigenvalue weighted by Gasteiger charge is 2.09. The van der Waals surface area contributed by atoms with Crippen LogP contribution in [-0.4, -0.2) is 14.2 Å². The predicted molar refractivity (Wildman–Crippen MR) is 83.7 cm³/mol. The van der Waals surface area contributed by atoms with E-state index < -0.39 is 0 Å². The van der Waals surface area contributed by atoms with E-state index >= 15 is 0 Å². The first-order valence-electron chi connectivity index (χ1n) is 5.78. The number of hydrogen-bond acceptors (Lipinski definition) is 4. The Balaban J connectivity index is 2.41. The van der Waals surface area contributed by atoms with Crippen molar-refractivity contribution < 1.29 is 9.47 Å². The standard InChI is InChI=1S/C14H14Cl2N2O2/c1-19-8-3-4-14(20-2)13(5-8)18-12-7-10(16)9(15)6-11(12)17/h3-7,18H,17H2,1-2H3. The summed E-state index contributed by atoms with van der Waals surface area (Å²) in [5, 5.41) is 3.99. The lowest BCUT2D eigenvalue weighted by Crippen LogP contribution is -1.99. The third-order valence-electron chi connectivity index (χ3n) is 2.77. The van der Waals surface area contributed by atoms with Gasteiger partial charge in [-0.05, 0) is 24.3 Å². The number of rotatable bonds is 4. The van der Waals surface area contributed by atoms with Crippen molar-refractivity contribution >= 4 is 40.3 Å². The van der Waals surface area contributed by atoms with Crippen molar-refractivity contribution in [2.24, 2.45) is 0 Å². The maximum Gasteiger partial charge on any atom is 0.142 e. The van der Waals surface area contributed by atoms with Crippen molar-refractivity contribution in [1.82, 2.24) is 0 Å². The zero-order chi connectivity index (χ0) is 14.7. The highest BCUT2D eigenvalue weighted by Crippen LogP contribution is 2.36. The Bertz CT molecular complexity index is 633. The summed E-state index contributed by atoms with van der Waals surface area (Å²) in [6, 6.07) is 8.68. The maximum atomic E-state index is 6.00. The van der Waals surface area contributed by atoms with Crippen molar-refractivity contribution in [2.45, 2.75) is 0 Å². The van der Waals surface area contributed by atoms with Gasteiger partial charge in [-0.25, -0.2) is 0 Å². The van der Waals surface area contributed by atoms with E-state index in [1.807, 2.05) is 6.07 Å². The second kappa shape index (κ2) is 6.11. The summed E-state index contributed by atoms with van der Waals surface area (Å²) in [5.74, 6) is 1.36.